The maximum Gasteiger partial charge on any atom is 0.597 e. The highest BCUT2D eigenvalue weighted by Crippen LogP contribution is 2.34. The Morgan fingerprint density at radius 3 is 2.31 bits per heavy atom. The standard InChI is InChI=1S/C12H8O2P.H2O/c13-15-12-8-4-2-6-10(12)9-5-1-3-7-11(9)14-15;/h1-8H;1H2/q+1;. The molecule has 16 heavy (non-hydrogen) atoms. The second-order valence-electron chi connectivity index (χ2n) is 3.36. The van der Waals surface area contributed by atoms with Crippen molar-refractivity contribution >= 4 is 29.1 Å². The normalized spacial score (nSPS) is 11.4. The first-order valence-electron chi connectivity index (χ1n) is 4.70. The van der Waals surface area contributed by atoms with Crippen LogP contribution in [0, 0.1) is 0 Å². The Morgan fingerprint density at radius 1 is 0.875 bits per heavy atom. The van der Waals surface area contributed by atoms with E-state index in [9.17, 15) is 4.57 Å². The van der Waals surface area contributed by atoms with Gasteiger partial charge < -0.3 is 5.48 Å². The molecule has 0 saturated carbocycles. The van der Waals surface area contributed by atoms with Gasteiger partial charge in [0.2, 0.25) is 5.12 Å². The van der Waals surface area contributed by atoms with Crippen LogP contribution in [0.4, 0.5) is 0 Å². The van der Waals surface area contributed by atoms with E-state index >= 15 is 0 Å². The first-order chi connectivity index (χ1) is 7.36. The van der Waals surface area contributed by atoms with Crippen LogP contribution in [0.5, 0.6) is 0 Å². The van der Waals surface area contributed by atoms with E-state index in [1.165, 1.54) is 0 Å². The van der Waals surface area contributed by atoms with E-state index in [0.717, 1.165) is 15.9 Å². The van der Waals surface area contributed by atoms with E-state index in [0.29, 0.717) is 5.58 Å². The monoisotopic (exact) mass is 233 g/mol. The molecule has 1 unspecified atom stereocenters. The molecule has 4 heteroatoms. The summed E-state index contributed by atoms with van der Waals surface area (Å²) in [4.78, 5) is 0. The van der Waals surface area contributed by atoms with Crippen LogP contribution in [0.2, 0.25) is 0 Å². The summed E-state index contributed by atoms with van der Waals surface area (Å²) >= 11 is 0. The van der Waals surface area contributed by atoms with Crippen molar-refractivity contribution in [2.45, 2.75) is 0 Å². The van der Waals surface area contributed by atoms with Crippen molar-refractivity contribution in [1.29, 1.82) is 0 Å². The number of rotatable bonds is 0. The minimum Gasteiger partial charge on any atom is -0.412 e. The van der Waals surface area contributed by atoms with Crippen LogP contribution >= 0.6 is 7.65 Å². The van der Waals surface area contributed by atoms with Gasteiger partial charge in [0, 0.05) is 10.8 Å². The van der Waals surface area contributed by atoms with Gasteiger partial charge in [-0.15, -0.1) is 0 Å². The first kappa shape index (κ1) is 10.8. The molecule has 0 aliphatic heterocycles. The molecule has 3 aromatic rings. The fraction of sp³-hybridized carbons (Fsp3) is 0. The van der Waals surface area contributed by atoms with Crippen LogP contribution in [-0.4, -0.2) is 5.48 Å². The quantitative estimate of drug-likeness (QED) is 0.558. The SMILES string of the molecule is O.O=[p+]1oc2ccccc2c2ccccc21. The smallest absolute Gasteiger partial charge is 0.412 e. The van der Waals surface area contributed by atoms with Crippen LogP contribution in [0.1, 0.15) is 0 Å². The van der Waals surface area contributed by atoms with Crippen molar-refractivity contribution in [3.63, 3.8) is 0 Å². The van der Waals surface area contributed by atoms with Crippen LogP contribution in [0.15, 0.2) is 52.7 Å². The molecule has 0 spiro atoms. The Morgan fingerprint density at radius 2 is 1.50 bits per heavy atom. The second-order valence-corrected chi connectivity index (χ2v) is 4.54. The summed E-state index contributed by atoms with van der Waals surface area (Å²) in [5.41, 5.74) is 0.706. The van der Waals surface area contributed by atoms with E-state index < -0.39 is 7.65 Å². The highest BCUT2D eigenvalue weighted by Gasteiger charge is 2.14. The Labute approximate surface area is 92.5 Å². The molecule has 1 aromatic heterocycles. The Hall–Kier alpha value is -1.70. The summed E-state index contributed by atoms with van der Waals surface area (Å²) in [7, 11) is -1.74. The molecule has 0 fully saturated rings. The molecule has 1 atom stereocenters. The molecule has 0 amide bonds. The third-order valence-electron chi connectivity index (χ3n) is 2.46. The fourth-order valence-electron chi connectivity index (χ4n) is 1.77. The average molecular weight is 233 g/mol. The van der Waals surface area contributed by atoms with Crippen LogP contribution in [0.25, 0.3) is 21.5 Å². The largest absolute Gasteiger partial charge is 0.597 e. The summed E-state index contributed by atoms with van der Waals surface area (Å²) < 4.78 is 17.1. The number of para-hydroxylation sites is 1. The zero-order valence-electron chi connectivity index (χ0n) is 8.38. The third-order valence-corrected chi connectivity index (χ3v) is 3.61. The van der Waals surface area contributed by atoms with Crippen molar-refractivity contribution in [1.82, 2.24) is 0 Å². The van der Waals surface area contributed by atoms with Crippen LogP contribution in [0.3, 0.4) is 0 Å². The molecular formula is C12H10O3P+. The van der Waals surface area contributed by atoms with Gasteiger partial charge in [0.05, 0.1) is 0 Å². The average Bonchev–Trinajstić information content (AvgIpc) is 2.30. The third kappa shape index (κ3) is 1.51. The predicted octanol–water partition coefficient (Wildman–Crippen LogP) is 3.50. The molecule has 0 bridgehead atoms. The highest BCUT2D eigenvalue weighted by molar-refractivity contribution is 7.37. The molecule has 0 radical (unpaired) electrons. The maximum atomic E-state index is 11.8. The van der Waals surface area contributed by atoms with Gasteiger partial charge in [-0.2, -0.15) is 0 Å². The lowest BCUT2D eigenvalue weighted by Gasteiger charge is -1.94. The zero-order valence-corrected chi connectivity index (χ0v) is 9.28. The van der Waals surface area contributed by atoms with Crippen molar-refractivity contribution in [2.24, 2.45) is 0 Å². The van der Waals surface area contributed by atoms with Crippen molar-refractivity contribution in [3.8, 4) is 0 Å². The Balaban J connectivity index is 0.000000963. The predicted molar refractivity (Wildman–Crippen MR) is 64.9 cm³/mol. The van der Waals surface area contributed by atoms with E-state index in [1.54, 1.807) is 0 Å². The summed E-state index contributed by atoms with van der Waals surface area (Å²) in [5.74, 6) is 0. The summed E-state index contributed by atoms with van der Waals surface area (Å²) in [6.07, 6.45) is 0. The van der Waals surface area contributed by atoms with E-state index in [1.807, 2.05) is 48.5 Å². The second kappa shape index (κ2) is 4.05. The number of fused-ring (bicyclic) bond motifs is 3. The molecule has 1 heterocycles. The Kier molecular flexibility index (Phi) is 2.73. The van der Waals surface area contributed by atoms with Gasteiger partial charge in [0.1, 0.15) is 0 Å². The van der Waals surface area contributed by atoms with E-state index in [2.05, 4.69) is 0 Å². The molecule has 0 aliphatic carbocycles. The molecule has 0 saturated heterocycles. The maximum absolute atomic E-state index is 11.8. The molecular weight excluding hydrogens is 223 g/mol. The van der Waals surface area contributed by atoms with Crippen LogP contribution in [-0.2, 0) is 4.57 Å². The summed E-state index contributed by atoms with van der Waals surface area (Å²) in [5, 5.41) is 2.81. The minimum absolute atomic E-state index is 0. The molecule has 2 N–H and O–H groups in total. The van der Waals surface area contributed by atoms with Gasteiger partial charge in [-0.25, -0.2) is 4.20 Å². The van der Waals surface area contributed by atoms with Gasteiger partial charge in [-0.1, -0.05) is 30.3 Å². The van der Waals surface area contributed by atoms with Gasteiger partial charge in [-0.05, 0) is 22.8 Å². The molecule has 2 aromatic carbocycles. The minimum atomic E-state index is -1.74. The number of hydrogen-bond donors (Lipinski definition) is 0. The lowest BCUT2D eigenvalue weighted by molar-refractivity contribution is 0.563. The molecule has 3 nitrogen and oxygen atoms in total. The zero-order chi connectivity index (χ0) is 10.3. The summed E-state index contributed by atoms with van der Waals surface area (Å²) in [6.45, 7) is 0. The fourth-order valence-corrected chi connectivity index (χ4v) is 2.80. The first-order valence-corrected chi connectivity index (χ1v) is 5.88. The lowest BCUT2D eigenvalue weighted by atomic mass is 10.1. The van der Waals surface area contributed by atoms with Crippen molar-refractivity contribution in [2.75, 3.05) is 0 Å². The summed E-state index contributed by atoms with van der Waals surface area (Å²) in [6, 6.07) is 15.3. The topological polar surface area (TPSA) is 61.7 Å². The van der Waals surface area contributed by atoms with E-state index in [-0.39, 0.29) is 5.48 Å². The van der Waals surface area contributed by atoms with Gasteiger partial charge in [0.15, 0.2) is 5.58 Å². The van der Waals surface area contributed by atoms with Crippen molar-refractivity contribution < 1.29 is 14.2 Å². The van der Waals surface area contributed by atoms with Gasteiger partial charge in [-0.3, -0.25) is 0 Å². The molecule has 3 rings (SSSR count). The number of hydrogen-bond acceptors (Lipinski definition) is 2. The molecule has 0 aliphatic rings. The van der Waals surface area contributed by atoms with Crippen LogP contribution < -0.4 is 0 Å². The Bertz CT molecular complexity index is 703. The number of benzene rings is 2. The lowest BCUT2D eigenvalue weighted by Crippen LogP contribution is -1.73. The van der Waals surface area contributed by atoms with E-state index in [4.69, 9.17) is 4.20 Å². The highest BCUT2D eigenvalue weighted by atomic mass is 31.1. The van der Waals surface area contributed by atoms with Gasteiger partial charge >= 0.3 is 7.65 Å². The van der Waals surface area contributed by atoms with Gasteiger partial charge in [0.25, 0.3) is 0 Å². The van der Waals surface area contributed by atoms with Crippen molar-refractivity contribution in [3.05, 3.63) is 48.5 Å². The molecule has 80 valence electrons.